The number of aliphatic hydroxyl groups is 1. The summed E-state index contributed by atoms with van der Waals surface area (Å²) in [6.45, 7) is 7.24. The molecule has 0 saturated carbocycles. The van der Waals surface area contributed by atoms with Crippen LogP contribution in [0.1, 0.15) is 38.9 Å². The summed E-state index contributed by atoms with van der Waals surface area (Å²) in [4.78, 5) is 15.8. The number of carboxylic acid groups (broad SMARTS) is 1. The average molecular weight is 519 g/mol. The Balaban J connectivity index is 0.000000454. The molecule has 0 spiro atoms. The Labute approximate surface area is 205 Å². The number of imidazole rings is 1. The lowest BCUT2D eigenvalue weighted by molar-refractivity contribution is -0.192. The van der Waals surface area contributed by atoms with Gasteiger partial charge in [-0.25, -0.2) is 18.6 Å². The van der Waals surface area contributed by atoms with E-state index in [2.05, 4.69) is 19.8 Å². The van der Waals surface area contributed by atoms with Gasteiger partial charge >= 0.3 is 12.1 Å². The molecule has 1 aromatic heterocycles. The zero-order valence-electron chi connectivity index (χ0n) is 20.2. The highest BCUT2D eigenvalue weighted by molar-refractivity contribution is 5.73. The number of carbonyl (C=O) groups is 1. The summed E-state index contributed by atoms with van der Waals surface area (Å²) in [6.07, 6.45) is 0.806. The molecular formula is C24H31F5N4O3. The molecule has 7 nitrogen and oxygen atoms in total. The third-order valence-corrected chi connectivity index (χ3v) is 6.11. The van der Waals surface area contributed by atoms with Crippen LogP contribution in [0.5, 0.6) is 0 Å². The third-order valence-electron chi connectivity index (χ3n) is 6.11. The molecular weight excluding hydrogens is 487 g/mol. The molecule has 2 aliphatic heterocycles. The number of β-amino-alcohol motifs (C(OH)–C–C–N with tert-alkyl or cyclic N) is 1. The normalized spacial score (nSPS) is 19.4. The van der Waals surface area contributed by atoms with E-state index in [1.807, 2.05) is 20.0 Å². The molecule has 36 heavy (non-hydrogen) atoms. The predicted octanol–water partition coefficient (Wildman–Crippen LogP) is 3.60. The van der Waals surface area contributed by atoms with Gasteiger partial charge in [-0.05, 0) is 58.3 Å². The van der Waals surface area contributed by atoms with Gasteiger partial charge in [0, 0.05) is 49.4 Å². The Morgan fingerprint density at radius 2 is 1.78 bits per heavy atom. The summed E-state index contributed by atoms with van der Waals surface area (Å²) in [7, 11) is 0. The number of benzene rings is 1. The van der Waals surface area contributed by atoms with Gasteiger partial charge in [0.2, 0.25) is 0 Å². The molecule has 3 heterocycles. The molecule has 2 aliphatic rings. The molecule has 0 aliphatic carbocycles. The first-order valence-electron chi connectivity index (χ1n) is 11.7. The molecule has 200 valence electrons. The number of nitrogens with one attached hydrogen (secondary N) is 1. The fourth-order valence-electron chi connectivity index (χ4n) is 4.55. The Kier molecular flexibility index (Phi) is 8.73. The summed E-state index contributed by atoms with van der Waals surface area (Å²) >= 11 is 0. The van der Waals surface area contributed by atoms with Crippen LogP contribution in [-0.2, 0) is 17.8 Å². The Bertz CT molecular complexity index is 1040. The number of rotatable bonds is 5. The monoisotopic (exact) mass is 518 g/mol. The van der Waals surface area contributed by atoms with E-state index in [1.54, 1.807) is 0 Å². The highest BCUT2D eigenvalue weighted by atomic mass is 19.4. The minimum atomic E-state index is -5.08. The second kappa shape index (κ2) is 11.2. The maximum atomic E-state index is 14.1. The number of hydrogen-bond donors (Lipinski definition) is 3. The molecule has 1 unspecified atom stereocenters. The maximum absolute atomic E-state index is 14.1. The van der Waals surface area contributed by atoms with E-state index >= 15 is 0 Å². The van der Waals surface area contributed by atoms with Crippen LogP contribution in [0.15, 0.2) is 24.4 Å². The molecule has 4 rings (SSSR count). The molecule has 2 aromatic rings. The fraction of sp³-hybridized carbons (Fsp3) is 0.583. The lowest BCUT2D eigenvalue weighted by Crippen LogP contribution is -2.50. The van der Waals surface area contributed by atoms with Crippen LogP contribution in [0.25, 0.3) is 11.3 Å². The first kappa shape index (κ1) is 28.0. The maximum Gasteiger partial charge on any atom is 0.490 e. The largest absolute Gasteiger partial charge is 0.490 e. The Morgan fingerprint density at radius 3 is 2.33 bits per heavy atom. The van der Waals surface area contributed by atoms with Crippen LogP contribution in [0.4, 0.5) is 22.0 Å². The SMILES string of the molecule is CC(C)(O)CN1CCC(NC2CCc3nc(-c4ccc(F)cc4F)cn3C2)CC1.O=C(O)C(F)(F)F. The Hall–Kier alpha value is -2.57. The predicted molar refractivity (Wildman–Crippen MR) is 122 cm³/mol. The lowest BCUT2D eigenvalue weighted by atomic mass is 9.99. The van der Waals surface area contributed by atoms with Crippen molar-refractivity contribution in [2.75, 3.05) is 19.6 Å². The smallest absolute Gasteiger partial charge is 0.475 e. The zero-order chi connectivity index (χ0) is 26.7. The molecule has 12 heteroatoms. The van der Waals surface area contributed by atoms with Crippen molar-refractivity contribution in [3.8, 4) is 11.3 Å². The van der Waals surface area contributed by atoms with Crippen molar-refractivity contribution in [2.24, 2.45) is 0 Å². The van der Waals surface area contributed by atoms with E-state index in [9.17, 15) is 27.1 Å². The molecule has 1 aromatic carbocycles. The second-order valence-corrected chi connectivity index (χ2v) is 9.89. The van der Waals surface area contributed by atoms with Crippen LogP contribution < -0.4 is 5.32 Å². The molecule has 1 atom stereocenters. The van der Waals surface area contributed by atoms with Gasteiger partial charge in [-0.3, -0.25) is 0 Å². The highest BCUT2D eigenvalue weighted by Gasteiger charge is 2.38. The van der Waals surface area contributed by atoms with Gasteiger partial charge in [0.1, 0.15) is 17.5 Å². The molecule has 1 fully saturated rings. The average Bonchev–Trinajstić information content (AvgIpc) is 3.17. The number of aliphatic carboxylic acids is 1. The number of hydrogen-bond acceptors (Lipinski definition) is 5. The summed E-state index contributed by atoms with van der Waals surface area (Å²) in [5, 5.41) is 20.9. The highest BCUT2D eigenvalue weighted by Crippen LogP contribution is 2.26. The second-order valence-electron chi connectivity index (χ2n) is 9.89. The van der Waals surface area contributed by atoms with E-state index in [4.69, 9.17) is 9.90 Å². The number of halogens is 5. The van der Waals surface area contributed by atoms with Crippen molar-refractivity contribution in [1.29, 1.82) is 0 Å². The van der Waals surface area contributed by atoms with Gasteiger partial charge in [-0.15, -0.1) is 0 Å². The lowest BCUT2D eigenvalue weighted by Gasteiger charge is -2.37. The number of aryl methyl sites for hydroxylation is 1. The summed E-state index contributed by atoms with van der Waals surface area (Å²) in [6, 6.07) is 4.48. The quantitative estimate of drug-likeness (QED) is 0.524. The van der Waals surface area contributed by atoms with Gasteiger partial charge in [-0.1, -0.05) is 0 Å². The minimum absolute atomic E-state index is 0.344. The van der Waals surface area contributed by atoms with Crippen molar-refractivity contribution < 1.29 is 37.0 Å². The van der Waals surface area contributed by atoms with Gasteiger partial charge < -0.3 is 25.0 Å². The van der Waals surface area contributed by atoms with Crippen molar-refractivity contribution >= 4 is 5.97 Å². The zero-order valence-corrected chi connectivity index (χ0v) is 20.2. The van der Waals surface area contributed by atoms with Crippen molar-refractivity contribution in [3.63, 3.8) is 0 Å². The molecule has 0 radical (unpaired) electrons. The van der Waals surface area contributed by atoms with E-state index in [-0.39, 0.29) is 0 Å². The van der Waals surface area contributed by atoms with Crippen LogP contribution in [-0.4, -0.2) is 74.1 Å². The number of piperidine rings is 1. The topological polar surface area (TPSA) is 90.6 Å². The van der Waals surface area contributed by atoms with Gasteiger partial charge in [0.15, 0.2) is 0 Å². The van der Waals surface area contributed by atoms with Crippen LogP contribution in [0.3, 0.4) is 0 Å². The number of nitrogens with zero attached hydrogens (tertiary/aromatic N) is 3. The standard InChI is InChI=1S/C22H30F2N4O.C2HF3O2/c1-22(2,29)14-27-9-7-16(8-10-27)25-17-4-6-21-26-20(13-28(21)12-17)18-5-3-15(23)11-19(18)24;3-2(4,5)1(6)7/h3,5,11,13,16-17,25,29H,4,6-10,12,14H2,1-2H3;(H,6,7). The van der Waals surface area contributed by atoms with E-state index in [0.29, 0.717) is 29.9 Å². The van der Waals surface area contributed by atoms with Gasteiger partial charge in [0.25, 0.3) is 0 Å². The van der Waals surface area contributed by atoms with E-state index in [0.717, 1.165) is 57.2 Å². The number of aromatic nitrogens is 2. The number of fused-ring (bicyclic) bond motifs is 1. The molecule has 3 N–H and O–H groups in total. The summed E-state index contributed by atoms with van der Waals surface area (Å²) < 4.78 is 61.1. The van der Waals surface area contributed by atoms with Crippen LogP contribution in [0, 0.1) is 11.6 Å². The Morgan fingerprint density at radius 1 is 1.14 bits per heavy atom. The molecule has 0 bridgehead atoms. The third kappa shape index (κ3) is 7.97. The van der Waals surface area contributed by atoms with Crippen molar-refractivity contribution in [2.45, 2.75) is 69.9 Å². The van der Waals surface area contributed by atoms with Crippen LogP contribution in [0.2, 0.25) is 0 Å². The summed E-state index contributed by atoms with van der Waals surface area (Å²) in [5.74, 6) is -2.95. The first-order chi connectivity index (χ1) is 16.7. The molecule has 1 saturated heterocycles. The number of carboxylic acids is 1. The van der Waals surface area contributed by atoms with Crippen LogP contribution >= 0.6 is 0 Å². The van der Waals surface area contributed by atoms with Crippen molar-refractivity contribution in [3.05, 3.63) is 41.9 Å². The van der Waals surface area contributed by atoms with Gasteiger partial charge in [0.05, 0.1) is 11.3 Å². The van der Waals surface area contributed by atoms with Gasteiger partial charge in [-0.2, -0.15) is 13.2 Å². The van der Waals surface area contributed by atoms with E-state index in [1.165, 1.54) is 12.1 Å². The fourth-order valence-corrected chi connectivity index (χ4v) is 4.55. The molecule has 0 amide bonds. The van der Waals surface area contributed by atoms with Crippen molar-refractivity contribution in [1.82, 2.24) is 19.8 Å². The summed E-state index contributed by atoms with van der Waals surface area (Å²) in [5.41, 5.74) is 0.262. The number of likely N-dealkylation sites (tertiary alicyclic amines) is 1. The van der Waals surface area contributed by atoms with E-state index < -0.39 is 29.4 Å². The minimum Gasteiger partial charge on any atom is -0.475 e. The first-order valence-corrected chi connectivity index (χ1v) is 11.7. The number of alkyl halides is 3.